The number of hydrogen-bond acceptors (Lipinski definition) is 9. The van der Waals surface area contributed by atoms with Crippen LogP contribution in [0.15, 0.2) is 75.2 Å². The smallest absolute Gasteiger partial charge is 0.381 e. The van der Waals surface area contributed by atoms with Gasteiger partial charge in [0.05, 0.1) is 57.3 Å². The van der Waals surface area contributed by atoms with Crippen molar-refractivity contribution in [2.45, 2.75) is 89.8 Å². The number of benzene rings is 3. The summed E-state index contributed by atoms with van der Waals surface area (Å²) in [6.45, 7) is 8.88. The fraction of sp³-hybridized carbons (Fsp3) is 0.383. The maximum Gasteiger partial charge on any atom is 0.438 e. The molecule has 1 amide bonds. The van der Waals surface area contributed by atoms with Gasteiger partial charge in [0.1, 0.15) is 17.2 Å². The number of halogens is 2. The molecule has 3 fully saturated rings. The summed E-state index contributed by atoms with van der Waals surface area (Å²) >= 11 is 0. The van der Waals surface area contributed by atoms with E-state index >= 15 is 13.6 Å². The highest BCUT2D eigenvalue weighted by molar-refractivity contribution is 5.96. The average molecular weight is 882 g/mol. The molecule has 5 aromatic heterocycles. The molecule has 3 atom stereocenters. The van der Waals surface area contributed by atoms with E-state index in [0.29, 0.717) is 82.2 Å². The predicted octanol–water partition coefficient (Wildman–Crippen LogP) is 6.86. The van der Waals surface area contributed by atoms with Crippen molar-refractivity contribution in [1.82, 2.24) is 53.3 Å². The van der Waals surface area contributed by atoms with Crippen molar-refractivity contribution >= 4 is 27.8 Å². The molecule has 16 nitrogen and oxygen atoms in total. The Bertz CT molecular complexity index is 3370. The summed E-state index contributed by atoms with van der Waals surface area (Å²) in [6.07, 6.45) is 9.20. The first kappa shape index (κ1) is 39.6. The van der Waals surface area contributed by atoms with E-state index in [4.69, 9.17) is 19.3 Å². The van der Waals surface area contributed by atoms with E-state index in [2.05, 4.69) is 21.3 Å². The van der Waals surface area contributed by atoms with E-state index in [0.717, 1.165) is 36.8 Å². The standard InChI is InChI=1S/C47H45F2N11O5/c1-24-19-31(20-25(2)39(24)48)60-42(57-16-15-56(46(57)63)37-10-9-35-32(40(37)49)23-50-59(35)30-6-7-30)38-27(4)55(14-11-33(38)53-60)43(61)41-51-34-21-29(28-12-17-64-18-13-28)5-8-36(34)58(41)47(22-26(47)3)44-52-45(62)65-54-44/h5,8-10,15-16,19-21,23,26-28,30H,6-7,11-14,17-18,22H2,1-4H3,(H,52,54,62). The first-order valence-electron chi connectivity index (χ1n) is 22.3. The molecule has 3 unspecified atom stereocenters. The molecule has 332 valence electrons. The summed E-state index contributed by atoms with van der Waals surface area (Å²) in [6, 6.07) is 12.4. The molecule has 0 spiro atoms. The zero-order chi connectivity index (χ0) is 44.6. The van der Waals surface area contributed by atoms with Crippen molar-refractivity contribution in [2.24, 2.45) is 5.92 Å². The monoisotopic (exact) mass is 881 g/mol. The van der Waals surface area contributed by atoms with Crippen LogP contribution < -0.4 is 11.4 Å². The number of aromatic amines is 1. The molecule has 0 radical (unpaired) electrons. The number of ether oxygens (including phenoxy) is 1. The summed E-state index contributed by atoms with van der Waals surface area (Å²) in [4.78, 5) is 52.2. The fourth-order valence-electron chi connectivity index (χ4n) is 10.6. The van der Waals surface area contributed by atoms with Gasteiger partial charge in [-0.2, -0.15) is 10.2 Å². The van der Waals surface area contributed by atoms with Crippen LogP contribution in [0.3, 0.4) is 0 Å². The van der Waals surface area contributed by atoms with Crippen LogP contribution >= 0.6 is 0 Å². The van der Waals surface area contributed by atoms with Crippen LogP contribution in [0, 0.1) is 31.4 Å². The molecular weight excluding hydrogens is 837 g/mol. The number of nitrogens with one attached hydrogen (secondary N) is 1. The fourth-order valence-corrected chi connectivity index (χ4v) is 10.6. The van der Waals surface area contributed by atoms with Crippen LogP contribution in [-0.2, 0) is 16.7 Å². The Balaban J connectivity index is 0.998. The minimum atomic E-state index is -0.907. The zero-order valence-electron chi connectivity index (χ0n) is 36.2. The van der Waals surface area contributed by atoms with Crippen LogP contribution in [0.4, 0.5) is 8.78 Å². The van der Waals surface area contributed by atoms with Crippen LogP contribution in [0.5, 0.6) is 0 Å². The van der Waals surface area contributed by atoms with Gasteiger partial charge in [-0.1, -0.05) is 18.1 Å². The number of aromatic nitrogens is 10. The summed E-state index contributed by atoms with van der Waals surface area (Å²) in [5.74, 6) is -0.900. The van der Waals surface area contributed by atoms with Crippen LogP contribution in [-0.4, -0.2) is 79.0 Å². The van der Waals surface area contributed by atoms with Crippen molar-refractivity contribution < 1.29 is 22.8 Å². The SMILES string of the molecule is Cc1cc(-n2nc3c(c2-n2ccn(-c4ccc5c(cnn5C5CC5)c4F)c2=O)C(C)N(C(=O)c2nc4cc(C5CCOCC5)ccc4n2C2(c4noc(=O)[nH]4)CC2C)CC3)cc(C)c1F. The van der Waals surface area contributed by atoms with Crippen LogP contribution in [0.25, 0.3) is 39.1 Å². The van der Waals surface area contributed by atoms with Gasteiger partial charge in [0.2, 0.25) is 5.82 Å². The Morgan fingerprint density at radius 2 is 1.66 bits per heavy atom. The van der Waals surface area contributed by atoms with Gasteiger partial charge < -0.3 is 14.2 Å². The Labute approximate surface area is 369 Å². The van der Waals surface area contributed by atoms with E-state index in [1.807, 2.05) is 35.2 Å². The summed E-state index contributed by atoms with van der Waals surface area (Å²) in [7, 11) is 0. The van der Waals surface area contributed by atoms with E-state index in [-0.39, 0.29) is 47.7 Å². The minimum absolute atomic E-state index is 0.0314. The Hall–Kier alpha value is -6.95. The zero-order valence-corrected chi connectivity index (χ0v) is 36.2. The second-order valence-electron chi connectivity index (χ2n) is 18.3. The van der Waals surface area contributed by atoms with Gasteiger partial charge in [0, 0.05) is 44.1 Å². The molecule has 2 saturated carbocycles. The number of carbonyl (C=O) groups is 1. The number of rotatable bonds is 8. The number of nitrogens with zero attached hydrogens (tertiary/aromatic N) is 10. The number of amides is 1. The lowest BCUT2D eigenvalue weighted by Crippen LogP contribution is -2.41. The van der Waals surface area contributed by atoms with Gasteiger partial charge in [0.15, 0.2) is 11.6 Å². The van der Waals surface area contributed by atoms with E-state index in [9.17, 15) is 9.59 Å². The third kappa shape index (κ3) is 5.91. The maximum atomic E-state index is 16.4. The molecule has 2 aliphatic carbocycles. The quantitative estimate of drug-likeness (QED) is 0.172. The summed E-state index contributed by atoms with van der Waals surface area (Å²) < 4.78 is 50.2. The number of fused-ring (bicyclic) bond motifs is 3. The average Bonchev–Trinajstić information content (AvgIpc) is 3.83. The second-order valence-corrected chi connectivity index (χ2v) is 18.3. The van der Waals surface area contributed by atoms with Gasteiger partial charge in [-0.15, -0.1) is 0 Å². The molecule has 4 aliphatic rings. The normalized spacial score (nSPS) is 21.2. The highest BCUT2D eigenvalue weighted by Crippen LogP contribution is 2.55. The lowest BCUT2D eigenvalue weighted by atomic mass is 9.91. The number of H-pyrrole nitrogens is 1. The van der Waals surface area contributed by atoms with Crippen molar-refractivity contribution in [3.8, 4) is 17.2 Å². The second kappa shape index (κ2) is 14.3. The Morgan fingerprint density at radius 3 is 2.37 bits per heavy atom. The molecule has 2 aliphatic heterocycles. The Kier molecular flexibility index (Phi) is 8.70. The van der Waals surface area contributed by atoms with Gasteiger partial charge in [-0.3, -0.25) is 28.1 Å². The van der Waals surface area contributed by atoms with Gasteiger partial charge in [-0.25, -0.2) is 28.0 Å². The minimum Gasteiger partial charge on any atom is -0.381 e. The third-order valence-electron chi connectivity index (χ3n) is 14.3. The molecule has 65 heavy (non-hydrogen) atoms. The predicted molar refractivity (Wildman–Crippen MR) is 233 cm³/mol. The number of aryl methyl sites for hydroxylation is 2. The molecule has 12 rings (SSSR count). The first-order chi connectivity index (χ1) is 31.4. The highest BCUT2D eigenvalue weighted by atomic mass is 19.1. The van der Waals surface area contributed by atoms with Gasteiger partial charge in [-0.05, 0) is 118 Å². The highest BCUT2D eigenvalue weighted by Gasteiger charge is 2.59. The molecular formula is C47H45F2N11O5. The number of carbonyl (C=O) groups excluding carboxylic acids is 1. The van der Waals surface area contributed by atoms with E-state index < -0.39 is 28.8 Å². The largest absolute Gasteiger partial charge is 0.438 e. The lowest BCUT2D eigenvalue weighted by Gasteiger charge is -2.34. The lowest BCUT2D eigenvalue weighted by molar-refractivity contribution is 0.0656. The van der Waals surface area contributed by atoms with E-state index in [1.54, 1.807) is 53.9 Å². The summed E-state index contributed by atoms with van der Waals surface area (Å²) in [5, 5.41) is 14.0. The maximum absolute atomic E-state index is 16.4. The molecule has 0 bridgehead atoms. The topological polar surface area (TPSA) is 169 Å². The molecule has 7 heterocycles. The number of imidazole rings is 2. The van der Waals surface area contributed by atoms with Crippen molar-refractivity contribution in [3.05, 3.63) is 133 Å². The summed E-state index contributed by atoms with van der Waals surface area (Å²) in [5.41, 5.74) is 4.28. The molecule has 1 saturated heterocycles. The first-order valence-corrected chi connectivity index (χ1v) is 22.3. The van der Waals surface area contributed by atoms with Crippen molar-refractivity contribution in [2.75, 3.05) is 19.8 Å². The molecule has 1 N–H and O–H groups in total. The van der Waals surface area contributed by atoms with Crippen molar-refractivity contribution in [3.63, 3.8) is 0 Å². The third-order valence-corrected chi connectivity index (χ3v) is 14.3. The van der Waals surface area contributed by atoms with Gasteiger partial charge in [0.25, 0.3) is 5.91 Å². The number of hydrogen-bond donors (Lipinski definition) is 1. The van der Waals surface area contributed by atoms with Crippen LogP contribution in [0.2, 0.25) is 0 Å². The molecule has 18 heteroatoms. The van der Waals surface area contributed by atoms with Gasteiger partial charge >= 0.3 is 11.4 Å². The van der Waals surface area contributed by atoms with Crippen LogP contribution in [0.1, 0.15) is 108 Å². The Morgan fingerprint density at radius 1 is 0.923 bits per heavy atom. The molecule has 3 aromatic carbocycles. The van der Waals surface area contributed by atoms with Crippen molar-refractivity contribution in [1.29, 1.82) is 0 Å². The molecule has 8 aromatic rings. The van der Waals surface area contributed by atoms with E-state index in [1.165, 1.54) is 21.5 Å².